The molecule has 0 bridgehead atoms. The van der Waals surface area contributed by atoms with E-state index >= 15 is 0 Å². The zero-order valence-electron chi connectivity index (χ0n) is 9.45. The highest BCUT2D eigenvalue weighted by Gasteiger charge is 1.93. The standard InChI is InChI=1S/C12H19NOS/c1-3-15-10-4-9-13-11-5-7-12(14-2)8-6-11/h5-8,13H,3-4,9-10H2,1-2H3. The smallest absolute Gasteiger partial charge is 0.119 e. The van der Waals surface area contributed by atoms with Gasteiger partial charge in [0.15, 0.2) is 0 Å². The Morgan fingerprint density at radius 2 is 2.00 bits per heavy atom. The Morgan fingerprint density at radius 1 is 1.27 bits per heavy atom. The average molecular weight is 225 g/mol. The number of ether oxygens (including phenoxy) is 1. The molecule has 0 aliphatic heterocycles. The predicted molar refractivity (Wildman–Crippen MR) is 69.1 cm³/mol. The Balaban J connectivity index is 2.20. The molecule has 84 valence electrons. The molecule has 0 aromatic heterocycles. The second kappa shape index (κ2) is 7.46. The highest BCUT2D eigenvalue weighted by atomic mass is 32.2. The molecule has 1 N–H and O–H groups in total. The van der Waals surface area contributed by atoms with Crippen LogP contribution >= 0.6 is 11.8 Å². The Kier molecular flexibility index (Phi) is 6.09. The highest BCUT2D eigenvalue weighted by molar-refractivity contribution is 7.99. The second-order valence-corrected chi connectivity index (χ2v) is 4.60. The summed E-state index contributed by atoms with van der Waals surface area (Å²) < 4.78 is 5.10. The molecule has 0 spiro atoms. The van der Waals surface area contributed by atoms with Gasteiger partial charge in [0.1, 0.15) is 5.75 Å². The third-order valence-electron chi connectivity index (χ3n) is 2.09. The van der Waals surface area contributed by atoms with Crippen LogP contribution in [0.5, 0.6) is 5.75 Å². The Hall–Kier alpha value is -0.830. The molecule has 0 heterocycles. The summed E-state index contributed by atoms with van der Waals surface area (Å²) in [6, 6.07) is 8.05. The molecule has 0 saturated carbocycles. The van der Waals surface area contributed by atoms with Crippen molar-refractivity contribution in [2.24, 2.45) is 0 Å². The van der Waals surface area contributed by atoms with Gasteiger partial charge in [-0.3, -0.25) is 0 Å². The zero-order valence-corrected chi connectivity index (χ0v) is 10.3. The van der Waals surface area contributed by atoms with Crippen molar-refractivity contribution in [2.45, 2.75) is 13.3 Å². The van der Waals surface area contributed by atoms with Crippen molar-refractivity contribution in [1.82, 2.24) is 0 Å². The van der Waals surface area contributed by atoms with Gasteiger partial charge in [-0.1, -0.05) is 6.92 Å². The molecule has 2 nitrogen and oxygen atoms in total. The van der Waals surface area contributed by atoms with Crippen LogP contribution < -0.4 is 10.1 Å². The third kappa shape index (κ3) is 4.98. The van der Waals surface area contributed by atoms with Crippen LogP contribution in [0.4, 0.5) is 5.69 Å². The number of anilines is 1. The maximum absolute atomic E-state index is 5.10. The average Bonchev–Trinajstić information content (AvgIpc) is 2.30. The van der Waals surface area contributed by atoms with Crippen molar-refractivity contribution in [2.75, 3.05) is 30.5 Å². The van der Waals surface area contributed by atoms with E-state index in [-0.39, 0.29) is 0 Å². The summed E-state index contributed by atoms with van der Waals surface area (Å²) in [7, 11) is 1.68. The quantitative estimate of drug-likeness (QED) is 0.720. The van der Waals surface area contributed by atoms with Gasteiger partial charge in [-0.05, 0) is 42.2 Å². The number of nitrogens with one attached hydrogen (secondary N) is 1. The molecule has 0 aliphatic rings. The number of rotatable bonds is 7. The summed E-state index contributed by atoms with van der Waals surface area (Å²) in [4.78, 5) is 0. The van der Waals surface area contributed by atoms with E-state index in [1.807, 2.05) is 36.0 Å². The summed E-state index contributed by atoms with van der Waals surface area (Å²) in [6.07, 6.45) is 1.21. The van der Waals surface area contributed by atoms with Crippen LogP contribution in [0, 0.1) is 0 Å². The summed E-state index contributed by atoms with van der Waals surface area (Å²) >= 11 is 1.99. The van der Waals surface area contributed by atoms with Gasteiger partial charge in [0.05, 0.1) is 7.11 Å². The van der Waals surface area contributed by atoms with Crippen LogP contribution in [-0.4, -0.2) is 25.2 Å². The molecule has 0 aliphatic carbocycles. The molecule has 0 unspecified atom stereocenters. The van der Waals surface area contributed by atoms with E-state index in [1.165, 1.54) is 17.9 Å². The lowest BCUT2D eigenvalue weighted by Crippen LogP contribution is -2.02. The van der Waals surface area contributed by atoms with Crippen molar-refractivity contribution in [3.8, 4) is 5.75 Å². The minimum absolute atomic E-state index is 0.905. The minimum atomic E-state index is 0.905. The van der Waals surface area contributed by atoms with Gasteiger partial charge in [0.2, 0.25) is 0 Å². The molecule has 0 fully saturated rings. The number of methoxy groups -OCH3 is 1. The van der Waals surface area contributed by atoms with Gasteiger partial charge in [-0.25, -0.2) is 0 Å². The van der Waals surface area contributed by atoms with Crippen LogP contribution in [0.3, 0.4) is 0 Å². The number of thioether (sulfide) groups is 1. The van der Waals surface area contributed by atoms with Crippen molar-refractivity contribution >= 4 is 17.4 Å². The van der Waals surface area contributed by atoms with Gasteiger partial charge in [0.25, 0.3) is 0 Å². The Labute approximate surface area is 96.4 Å². The number of benzene rings is 1. The molecule has 0 radical (unpaired) electrons. The van der Waals surface area contributed by atoms with E-state index in [9.17, 15) is 0 Å². The summed E-state index contributed by atoms with van der Waals surface area (Å²) in [5.74, 6) is 3.35. The maximum atomic E-state index is 5.10. The first-order valence-electron chi connectivity index (χ1n) is 5.32. The van der Waals surface area contributed by atoms with E-state index in [2.05, 4.69) is 12.2 Å². The molecular formula is C12H19NOS. The van der Waals surface area contributed by atoms with E-state index in [0.29, 0.717) is 0 Å². The SMILES string of the molecule is CCSCCCNc1ccc(OC)cc1. The van der Waals surface area contributed by atoms with Crippen LogP contribution in [0.1, 0.15) is 13.3 Å². The first-order chi connectivity index (χ1) is 7.36. The van der Waals surface area contributed by atoms with Crippen molar-refractivity contribution in [3.63, 3.8) is 0 Å². The lowest BCUT2D eigenvalue weighted by molar-refractivity contribution is 0.415. The maximum Gasteiger partial charge on any atom is 0.119 e. The predicted octanol–water partition coefficient (Wildman–Crippen LogP) is 3.25. The number of hydrogen-bond acceptors (Lipinski definition) is 3. The van der Waals surface area contributed by atoms with Gasteiger partial charge in [-0.15, -0.1) is 0 Å². The molecule has 1 aromatic carbocycles. The minimum Gasteiger partial charge on any atom is -0.497 e. The largest absolute Gasteiger partial charge is 0.497 e. The molecular weight excluding hydrogens is 206 g/mol. The normalized spacial score (nSPS) is 10.0. The topological polar surface area (TPSA) is 21.3 Å². The van der Waals surface area contributed by atoms with Gasteiger partial charge < -0.3 is 10.1 Å². The monoisotopic (exact) mass is 225 g/mol. The van der Waals surface area contributed by atoms with Crippen molar-refractivity contribution in [3.05, 3.63) is 24.3 Å². The molecule has 1 aromatic rings. The first kappa shape index (κ1) is 12.2. The van der Waals surface area contributed by atoms with Gasteiger partial charge >= 0.3 is 0 Å². The second-order valence-electron chi connectivity index (χ2n) is 3.21. The fourth-order valence-corrected chi connectivity index (χ4v) is 1.90. The Bertz CT molecular complexity index is 261. The first-order valence-corrected chi connectivity index (χ1v) is 6.48. The van der Waals surface area contributed by atoms with Crippen LogP contribution in [-0.2, 0) is 0 Å². The fourth-order valence-electron chi connectivity index (χ4n) is 1.26. The van der Waals surface area contributed by atoms with Crippen LogP contribution in [0.25, 0.3) is 0 Å². The molecule has 1 rings (SSSR count). The number of hydrogen-bond donors (Lipinski definition) is 1. The zero-order chi connectivity index (χ0) is 10.9. The van der Waals surface area contributed by atoms with E-state index < -0.39 is 0 Å². The molecule has 15 heavy (non-hydrogen) atoms. The van der Waals surface area contributed by atoms with E-state index in [0.717, 1.165) is 18.0 Å². The third-order valence-corrected chi connectivity index (χ3v) is 3.07. The van der Waals surface area contributed by atoms with E-state index in [1.54, 1.807) is 7.11 Å². The van der Waals surface area contributed by atoms with Crippen molar-refractivity contribution in [1.29, 1.82) is 0 Å². The summed E-state index contributed by atoms with van der Waals surface area (Å²) in [6.45, 7) is 3.24. The lowest BCUT2D eigenvalue weighted by atomic mass is 10.3. The van der Waals surface area contributed by atoms with Gasteiger partial charge in [0, 0.05) is 12.2 Å². The van der Waals surface area contributed by atoms with E-state index in [4.69, 9.17) is 4.74 Å². The van der Waals surface area contributed by atoms with Crippen molar-refractivity contribution < 1.29 is 4.74 Å². The Morgan fingerprint density at radius 3 is 2.60 bits per heavy atom. The van der Waals surface area contributed by atoms with Crippen LogP contribution in [0.15, 0.2) is 24.3 Å². The van der Waals surface area contributed by atoms with Gasteiger partial charge in [-0.2, -0.15) is 11.8 Å². The highest BCUT2D eigenvalue weighted by Crippen LogP contribution is 2.14. The molecule has 0 amide bonds. The van der Waals surface area contributed by atoms with Crippen LogP contribution in [0.2, 0.25) is 0 Å². The molecule has 0 saturated heterocycles. The fraction of sp³-hybridized carbons (Fsp3) is 0.500. The lowest BCUT2D eigenvalue weighted by Gasteiger charge is -2.06. The summed E-state index contributed by atoms with van der Waals surface area (Å²) in [5, 5.41) is 3.39. The summed E-state index contributed by atoms with van der Waals surface area (Å²) in [5.41, 5.74) is 1.16. The molecule has 0 atom stereocenters. The molecule has 3 heteroatoms.